The highest BCUT2D eigenvalue weighted by atomic mass is 35.5. The highest BCUT2D eigenvalue weighted by molar-refractivity contribution is 7.89. The monoisotopic (exact) mass is 278 g/mol. The molecule has 1 rings (SSSR count). The second-order valence-electron chi connectivity index (χ2n) is 3.09. The number of benzene rings is 1. The van der Waals surface area contributed by atoms with Crippen molar-refractivity contribution in [3.05, 3.63) is 28.8 Å². The normalized spacial score (nSPS) is 11.0. The third kappa shape index (κ3) is 3.32. The van der Waals surface area contributed by atoms with Crippen molar-refractivity contribution in [1.29, 1.82) is 0 Å². The Labute approximate surface area is 104 Å². The maximum atomic E-state index is 11.8. The maximum Gasteiger partial charge on any atom is 0.422 e. The molecule has 1 amide bonds. The summed E-state index contributed by atoms with van der Waals surface area (Å²) in [5.74, 6) is 0. The number of carbonyl (C=O) groups excluding carboxylic acids is 1. The van der Waals surface area contributed by atoms with Crippen LogP contribution in [0.2, 0.25) is 5.02 Å². The Morgan fingerprint density at radius 1 is 1.41 bits per heavy atom. The fourth-order valence-corrected chi connectivity index (χ4v) is 2.42. The van der Waals surface area contributed by atoms with Crippen LogP contribution in [0.15, 0.2) is 23.1 Å². The molecule has 1 aromatic carbocycles. The number of rotatable bonds is 3. The maximum absolute atomic E-state index is 11.8. The zero-order chi connectivity index (χ0) is 13.1. The van der Waals surface area contributed by atoms with Gasteiger partial charge in [0.1, 0.15) is 0 Å². The summed E-state index contributed by atoms with van der Waals surface area (Å²) in [6.45, 7) is 1.56. The second kappa shape index (κ2) is 5.35. The summed E-state index contributed by atoms with van der Waals surface area (Å²) in [5, 5.41) is 0.325. The Bertz CT molecular complexity index is 530. The van der Waals surface area contributed by atoms with Crippen molar-refractivity contribution in [2.45, 2.75) is 11.8 Å². The predicted molar refractivity (Wildman–Crippen MR) is 62.1 cm³/mol. The number of amides is 1. The predicted octanol–water partition coefficient (Wildman–Crippen LogP) is 1.20. The Kier molecular flexibility index (Phi) is 4.33. The number of methoxy groups -OCH3 is 1. The number of ether oxygens (including phenoxy) is 1. The molecule has 94 valence electrons. The quantitative estimate of drug-likeness (QED) is 0.814. The third-order valence-corrected chi connectivity index (χ3v) is 3.78. The van der Waals surface area contributed by atoms with Crippen LogP contribution in [-0.2, 0) is 14.8 Å². The summed E-state index contributed by atoms with van der Waals surface area (Å²) >= 11 is 5.81. The van der Waals surface area contributed by atoms with Crippen molar-refractivity contribution in [3.8, 4) is 0 Å². The van der Waals surface area contributed by atoms with Crippen LogP contribution in [0.1, 0.15) is 5.56 Å². The molecule has 1 aromatic rings. The fourth-order valence-electron chi connectivity index (χ4n) is 1.09. The van der Waals surface area contributed by atoms with Gasteiger partial charge in [-0.05, 0) is 24.6 Å². The van der Waals surface area contributed by atoms with E-state index in [9.17, 15) is 13.2 Å². The average molecular weight is 279 g/mol. The number of halogens is 1. The number of hydrogen-bond donors (Lipinski definition) is 2. The van der Waals surface area contributed by atoms with E-state index in [4.69, 9.17) is 11.6 Å². The molecule has 0 bridgehead atoms. The summed E-state index contributed by atoms with van der Waals surface area (Å²) in [6.07, 6.45) is -0.909. The number of sulfonamides is 1. The van der Waals surface area contributed by atoms with Gasteiger partial charge >= 0.3 is 6.09 Å². The molecule has 0 saturated heterocycles. The van der Waals surface area contributed by atoms with Crippen molar-refractivity contribution in [2.24, 2.45) is 0 Å². The van der Waals surface area contributed by atoms with Crippen LogP contribution in [-0.4, -0.2) is 21.6 Å². The van der Waals surface area contributed by atoms with Gasteiger partial charge in [0.2, 0.25) is 0 Å². The van der Waals surface area contributed by atoms with Gasteiger partial charge in [-0.3, -0.25) is 0 Å². The second-order valence-corrected chi connectivity index (χ2v) is 5.14. The van der Waals surface area contributed by atoms with E-state index in [0.29, 0.717) is 10.6 Å². The van der Waals surface area contributed by atoms with Crippen LogP contribution >= 0.6 is 11.6 Å². The molecule has 17 heavy (non-hydrogen) atoms. The topological polar surface area (TPSA) is 84.5 Å². The van der Waals surface area contributed by atoms with E-state index < -0.39 is 16.1 Å². The van der Waals surface area contributed by atoms with Gasteiger partial charge in [0.05, 0.1) is 12.0 Å². The largest absolute Gasteiger partial charge is 0.452 e. The zero-order valence-electron chi connectivity index (χ0n) is 9.15. The molecule has 0 radical (unpaired) electrons. The molecule has 0 atom stereocenters. The van der Waals surface area contributed by atoms with Crippen LogP contribution in [0, 0.1) is 6.92 Å². The van der Waals surface area contributed by atoms with Gasteiger partial charge in [-0.15, -0.1) is 4.83 Å². The highest BCUT2D eigenvalue weighted by Crippen LogP contribution is 2.22. The summed E-state index contributed by atoms with van der Waals surface area (Å²) in [6, 6.07) is 4.45. The third-order valence-electron chi connectivity index (χ3n) is 1.98. The van der Waals surface area contributed by atoms with E-state index in [2.05, 4.69) is 4.74 Å². The number of carbonyl (C=O) groups is 1. The summed E-state index contributed by atoms with van der Waals surface area (Å²) in [7, 11) is -2.75. The van der Waals surface area contributed by atoms with E-state index in [0.717, 1.165) is 7.11 Å². The minimum Gasteiger partial charge on any atom is -0.452 e. The van der Waals surface area contributed by atoms with E-state index in [-0.39, 0.29) is 4.90 Å². The number of nitrogens with one attached hydrogen (secondary N) is 2. The van der Waals surface area contributed by atoms with Crippen LogP contribution in [0.4, 0.5) is 4.79 Å². The standard InChI is InChI=1S/C9H11ClN2O4S/c1-6-7(10)4-3-5-8(6)17(14,15)12-11-9(13)16-2/h3-5,12H,1-2H3,(H,11,13). The van der Waals surface area contributed by atoms with E-state index >= 15 is 0 Å². The minimum absolute atomic E-state index is 0.0126. The Morgan fingerprint density at radius 2 is 2.06 bits per heavy atom. The molecule has 0 heterocycles. The van der Waals surface area contributed by atoms with Crippen molar-refractivity contribution in [1.82, 2.24) is 10.3 Å². The molecule has 0 unspecified atom stereocenters. The molecule has 0 aromatic heterocycles. The summed E-state index contributed by atoms with van der Waals surface area (Å²) in [5.41, 5.74) is 2.27. The smallest absolute Gasteiger partial charge is 0.422 e. The molecule has 6 nitrogen and oxygen atoms in total. The Balaban J connectivity index is 2.98. The SMILES string of the molecule is COC(=O)NNS(=O)(=O)c1cccc(Cl)c1C. The molecule has 2 N–H and O–H groups in total. The van der Waals surface area contributed by atoms with Crippen molar-refractivity contribution in [2.75, 3.05) is 7.11 Å². The molecular formula is C9H11ClN2O4S. The lowest BCUT2D eigenvalue weighted by Gasteiger charge is -2.10. The zero-order valence-corrected chi connectivity index (χ0v) is 10.7. The van der Waals surface area contributed by atoms with Crippen LogP contribution in [0.25, 0.3) is 0 Å². The van der Waals surface area contributed by atoms with Gasteiger partial charge in [-0.1, -0.05) is 17.7 Å². The Morgan fingerprint density at radius 3 is 2.65 bits per heavy atom. The molecule has 0 spiro atoms. The van der Waals surface area contributed by atoms with E-state index in [1.165, 1.54) is 12.1 Å². The molecule has 0 aliphatic heterocycles. The molecule has 0 aliphatic rings. The fraction of sp³-hybridized carbons (Fsp3) is 0.222. The number of hydrogen-bond acceptors (Lipinski definition) is 4. The van der Waals surface area contributed by atoms with Gasteiger partial charge in [0.25, 0.3) is 10.0 Å². The molecule has 0 fully saturated rings. The average Bonchev–Trinajstić information content (AvgIpc) is 2.29. The van der Waals surface area contributed by atoms with Crippen molar-refractivity contribution < 1.29 is 17.9 Å². The highest BCUT2D eigenvalue weighted by Gasteiger charge is 2.18. The van der Waals surface area contributed by atoms with Gasteiger partial charge in [-0.25, -0.2) is 18.6 Å². The summed E-state index contributed by atoms with van der Waals surface area (Å²) < 4.78 is 27.8. The van der Waals surface area contributed by atoms with Crippen LogP contribution in [0.3, 0.4) is 0 Å². The molecule has 0 aliphatic carbocycles. The van der Waals surface area contributed by atoms with E-state index in [1.807, 2.05) is 10.3 Å². The molecule has 0 saturated carbocycles. The van der Waals surface area contributed by atoms with Crippen LogP contribution in [0.5, 0.6) is 0 Å². The van der Waals surface area contributed by atoms with Crippen molar-refractivity contribution in [3.63, 3.8) is 0 Å². The Hall–Kier alpha value is -1.31. The first-order chi connectivity index (χ1) is 7.88. The minimum atomic E-state index is -3.86. The van der Waals surface area contributed by atoms with E-state index in [1.54, 1.807) is 13.0 Å². The van der Waals surface area contributed by atoms with Gasteiger partial charge in [-0.2, -0.15) is 0 Å². The first kappa shape index (κ1) is 13.8. The van der Waals surface area contributed by atoms with Crippen LogP contribution < -0.4 is 10.3 Å². The first-order valence-corrected chi connectivity index (χ1v) is 6.35. The van der Waals surface area contributed by atoms with Gasteiger partial charge < -0.3 is 4.74 Å². The lowest BCUT2D eigenvalue weighted by molar-refractivity contribution is 0.169. The molecule has 8 heteroatoms. The van der Waals surface area contributed by atoms with Gasteiger partial charge in [0.15, 0.2) is 0 Å². The van der Waals surface area contributed by atoms with Crippen molar-refractivity contribution >= 4 is 27.7 Å². The molecular weight excluding hydrogens is 268 g/mol. The van der Waals surface area contributed by atoms with Gasteiger partial charge in [0, 0.05) is 5.02 Å². The number of hydrazine groups is 1. The lowest BCUT2D eigenvalue weighted by atomic mass is 10.2. The summed E-state index contributed by atoms with van der Waals surface area (Å²) in [4.78, 5) is 12.6. The first-order valence-electron chi connectivity index (χ1n) is 4.49. The lowest BCUT2D eigenvalue weighted by Crippen LogP contribution is -2.41.